The van der Waals surface area contributed by atoms with E-state index in [0.29, 0.717) is 36.7 Å². The fraction of sp³-hybridized carbons (Fsp3) is 0.727. The molecule has 0 atom stereocenters. The van der Waals surface area contributed by atoms with Crippen LogP contribution in [-0.4, -0.2) is 57.8 Å². The van der Waals surface area contributed by atoms with E-state index in [1.807, 2.05) is 13.8 Å². The zero-order valence-electron chi connectivity index (χ0n) is 11.6. The number of rotatable bonds is 5. The van der Waals surface area contributed by atoms with Gasteiger partial charge in [-0.25, -0.2) is 8.42 Å². The highest BCUT2D eigenvalue weighted by Gasteiger charge is 2.31. The Bertz CT molecular complexity index is 572. The number of hydrogen-bond donors (Lipinski definition) is 2. The molecule has 2 rings (SSSR count). The van der Waals surface area contributed by atoms with Crippen molar-refractivity contribution in [3.05, 3.63) is 11.8 Å². The van der Waals surface area contributed by atoms with Gasteiger partial charge >= 0.3 is 0 Å². The van der Waals surface area contributed by atoms with Crippen LogP contribution < -0.4 is 5.32 Å². The molecule has 0 saturated carbocycles. The Balaban J connectivity index is 2.17. The molecule has 0 aromatic carbocycles. The normalized spacial score (nSPS) is 18.8. The molecule has 1 saturated heterocycles. The van der Waals surface area contributed by atoms with Crippen LogP contribution in [0.1, 0.15) is 19.4 Å². The largest absolute Gasteiger partial charge is 0.310 e. The van der Waals surface area contributed by atoms with E-state index < -0.39 is 20.8 Å². The van der Waals surface area contributed by atoms with Crippen LogP contribution in [0.3, 0.4) is 0 Å². The molecule has 0 aliphatic carbocycles. The zero-order chi connectivity index (χ0) is 14.8. The molecule has 0 spiro atoms. The van der Waals surface area contributed by atoms with Gasteiger partial charge in [-0.05, 0) is 0 Å². The summed E-state index contributed by atoms with van der Waals surface area (Å²) in [5.41, 5.74) is 0.630. The summed E-state index contributed by atoms with van der Waals surface area (Å²) in [6, 6.07) is 0.262. The van der Waals surface area contributed by atoms with Crippen LogP contribution in [0.15, 0.2) is 11.2 Å². The Kier molecular flexibility index (Phi) is 4.95. The molecule has 1 aromatic rings. The van der Waals surface area contributed by atoms with Gasteiger partial charge in [0.1, 0.15) is 0 Å². The minimum Gasteiger partial charge on any atom is -0.310 e. The molecule has 1 aliphatic rings. The highest BCUT2D eigenvalue weighted by atomic mass is 32.2. The molecule has 0 unspecified atom stereocenters. The van der Waals surface area contributed by atoms with Crippen molar-refractivity contribution in [2.75, 3.05) is 24.6 Å². The molecule has 0 bridgehead atoms. The number of aromatic amines is 1. The fourth-order valence-corrected chi connectivity index (χ4v) is 4.78. The van der Waals surface area contributed by atoms with Crippen molar-refractivity contribution in [2.24, 2.45) is 0 Å². The van der Waals surface area contributed by atoms with Gasteiger partial charge in [-0.3, -0.25) is 9.31 Å². The maximum absolute atomic E-state index is 12.5. The maximum Gasteiger partial charge on any atom is 0.260 e. The van der Waals surface area contributed by atoms with Crippen molar-refractivity contribution < 1.29 is 12.6 Å². The van der Waals surface area contributed by atoms with Crippen molar-refractivity contribution in [3.8, 4) is 0 Å². The zero-order valence-corrected chi connectivity index (χ0v) is 13.3. The summed E-state index contributed by atoms with van der Waals surface area (Å²) in [4.78, 5) is 0. The lowest BCUT2D eigenvalue weighted by Gasteiger charge is -2.25. The van der Waals surface area contributed by atoms with Crippen molar-refractivity contribution in [3.63, 3.8) is 0 Å². The molecule has 2 heterocycles. The van der Waals surface area contributed by atoms with Crippen molar-refractivity contribution in [2.45, 2.75) is 31.5 Å². The van der Waals surface area contributed by atoms with Crippen molar-refractivity contribution in [1.82, 2.24) is 19.8 Å². The second-order valence-corrected chi connectivity index (χ2v) is 8.58. The molecule has 0 amide bonds. The Morgan fingerprint density at radius 3 is 2.70 bits per heavy atom. The van der Waals surface area contributed by atoms with Crippen LogP contribution in [0.4, 0.5) is 0 Å². The van der Waals surface area contributed by atoms with Crippen LogP contribution in [0.5, 0.6) is 0 Å². The van der Waals surface area contributed by atoms with Crippen LogP contribution in [0.25, 0.3) is 0 Å². The van der Waals surface area contributed by atoms with Gasteiger partial charge in [-0.1, -0.05) is 13.8 Å². The molecule has 7 nitrogen and oxygen atoms in total. The second-order valence-electron chi connectivity index (χ2n) is 5.01. The Morgan fingerprint density at radius 2 is 2.10 bits per heavy atom. The summed E-state index contributed by atoms with van der Waals surface area (Å²) in [7, 11) is -4.48. The van der Waals surface area contributed by atoms with Crippen LogP contribution >= 0.6 is 0 Å². The molecule has 1 aromatic heterocycles. The first-order valence-electron chi connectivity index (χ1n) is 6.52. The van der Waals surface area contributed by atoms with Gasteiger partial charge in [0.05, 0.1) is 6.20 Å². The van der Waals surface area contributed by atoms with Crippen molar-refractivity contribution >= 4 is 20.8 Å². The summed E-state index contributed by atoms with van der Waals surface area (Å²) in [5, 5.41) is 9.74. The molecule has 2 N–H and O–H groups in total. The third kappa shape index (κ3) is 3.46. The SMILES string of the molecule is CC(C)NCc1cn[nH]c1S(=O)(=O)N1CCS(=O)CC1. The van der Waals surface area contributed by atoms with Gasteiger partial charge in [0.15, 0.2) is 5.03 Å². The highest BCUT2D eigenvalue weighted by Crippen LogP contribution is 2.19. The van der Waals surface area contributed by atoms with E-state index in [9.17, 15) is 12.6 Å². The summed E-state index contributed by atoms with van der Waals surface area (Å²) in [6.45, 7) is 5.03. The lowest BCUT2D eigenvalue weighted by Crippen LogP contribution is -2.42. The predicted octanol–water partition coefficient (Wildman–Crippen LogP) is -0.339. The first-order chi connectivity index (χ1) is 9.41. The first kappa shape index (κ1) is 15.6. The molecule has 20 heavy (non-hydrogen) atoms. The number of aromatic nitrogens is 2. The number of H-pyrrole nitrogens is 1. The minimum absolute atomic E-state index is 0.137. The van der Waals surface area contributed by atoms with Crippen LogP contribution in [0, 0.1) is 0 Å². The molecule has 0 radical (unpaired) electrons. The van der Waals surface area contributed by atoms with Crippen LogP contribution in [0.2, 0.25) is 0 Å². The van der Waals surface area contributed by atoms with E-state index in [4.69, 9.17) is 0 Å². The Labute approximate surface area is 121 Å². The van der Waals surface area contributed by atoms with E-state index >= 15 is 0 Å². The molecular weight excluding hydrogens is 300 g/mol. The molecule has 9 heteroatoms. The van der Waals surface area contributed by atoms with Gasteiger partial charge in [-0.2, -0.15) is 9.40 Å². The first-order valence-corrected chi connectivity index (χ1v) is 9.45. The van der Waals surface area contributed by atoms with E-state index in [0.717, 1.165) is 0 Å². The summed E-state index contributed by atoms with van der Waals surface area (Å²) < 4.78 is 37.8. The van der Waals surface area contributed by atoms with E-state index in [-0.39, 0.29) is 11.1 Å². The molecular formula is C11H20N4O3S2. The van der Waals surface area contributed by atoms with E-state index in [1.54, 1.807) is 0 Å². The lowest BCUT2D eigenvalue weighted by molar-refractivity contribution is 0.435. The smallest absolute Gasteiger partial charge is 0.260 e. The summed E-state index contributed by atoms with van der Waals surface area (Å²) in [6.07, 6.45) is 1.53. The average Bonchev–Trinajstić information content (AvgIpc) is 2.86. The summed E-state index contributed by atoms with van der Waals surface area (Å²) >= 11 is 0. The standard InChI is InChI=1S/C11H20N4O3S2/c1-9(2)12-7-10-8-13-14-11(10)20(17,18)15-3-5-19(16)6-4-15/h8-9,12H,3-7H2,1-2H3,(H,13,14). The monoisotopic (exact) mass is 320 g/mol. The van der Waals surface area contributed by atoms with Crippen molar-refractivity contribution in [1.29, 1.82) is 0 Å². The molecule has 1 aliphatic heterocycles. The summed E-state index contributed by atoms with van der Waals surface area (Å²) in [5.74, 6) is 0.792. The van der Waals surface area contributed by atoms with Crippen LogP contribution in [-0.2, 0) is 27.4 Å². The fourth-order valence-electron chi connectivity index (χ4n) is 1.95. The molecule has 114 valence electrons. The van der Waals surface area contributed by atoms with E-state index in [1.165, 1.54) is 10.5 Å². The Morgan fingerprint density at radius 1 is 1.45 bits per heavy atom. The van der Waals surface area contributed by atoms with E-state index in [2.05, 4.69) is 15.5 Å². The number of nitrogens with zero attached hydrogens (tertiary/aromatic N) is 2. The van der Waals surface area contributed by atoms with Gasteiger partial charge in [0, 0.05) is 53.5 Å². The third-order valence-electron chi connectivity index (χ3n) is 3.11. The highest BCUT2D eigenvalue weighted by molar-refractivity contribution is 7.89. The average molecular weight is 320 g/mol. The predicted molar refractivity (Wildman–Crippen MR) is 77.2 cm³/mol. The number of sulfonamides is 1. The minimum atomic E-state index is -3.58. The van der Waals surface area contributed by atoms with Gasteiger partial charge in [0.25, 0.3) is 10.0 Å². The quantitative estimate of drug-likeness (QED) is 0.774. The Hall–Kier alpha value is -0.770. The second kappa shape index (κ2) is 6.33. The lowest BCUT2D eigenvalue weighted by atomic mass is 10.3. The number of hydrogen-bond acceptors (Lipinski definition) is 5. The maximum atomic E-state index is 12.5. The van der Waals surface area contributed by atoms with Gasteiger partial charge in [0.2, 0.25) is 0 Å². The van der Waals surface area contributed by atoms with Gasteiger partial charge in [-0.15, -0.1) is 0 Å². The third-order valence-corrected chi connectivity index (χ3v) is 6.30. The molecule has 1 fully saturated rings. The topological polar surface area (TPSA) is 95.2 Å². The van der Waals surface area contributed by atoms with Gasteiger partial charge < -0.3 is 5.32 Å². The number of nitrogens with one attached hydrogen (secondary N) is 2.